The molecule has 1 aliphatic heterocycles. The zero-order valence-electron chi connectivity index (χ0n) is 18.7. The first-order valence-electron chi connectivity index (χ1n) is 11.7. The Kier molecular flexibility index (Phi) is 5.40. The van der Waals surface area contributed by atoms with Crippen molar-refractivity contribution in [2.24, 2.45) is 5.92 Å². The lowest BCUT2D eigenvalue weighted by molar-refractivity contribution is 0.00950. The Balaban J connectivity index is 1.52. The highest BCUT2D eigenvalue weighted by atomic mass is 79.9. The molecule has 1 aromatic carbocycles. The summed E-state index contributed by atoms with van der Waals surface area (Å²) in [5, 5.41) is 0. The maximum Gasteiger partial charge on any atom is 0.411 e. The molecule has 2 aromatic rings. The lowest BCUT2D eigenvalue weighted by Crippen LogP contribution is -2.43. The zero-order chi connectivity index (χ0) is 21.8. The van der Waals surface area contributed by atoms with E-state index >= 15 is 0 Å². The summed E-state index contributed by atoms with van der Waals surface area (Å²) >= 11 is 3.61. The van der Waals surface area contributed by atoms with Gasteiger partial charge in [-0.1, -0.05) is 34.8 Å². The van der Waals surface area contributed by atoms with Crippen molar-refractivity contribution in [2.45, 2.75) is 89.8 Å². The van der Waals surface area contributed by atoms with Crippen molar-refractivity contribution in [3.63, 3.8) is 0 Å². The summed E-state index contributed by atoms with van der Waals surface area (Å²) < 4.78 is 6.97. The Hall–Kier alpha value is -1.82. The Morgan fingerprint density at radius 3 is 2.81 bits per heavy atom. The van der Waals surface area contributed by atoms with Crippen LogP contribution in [-0.2, 0) is 17.6 Å². The van der Waals surface area contributed by atoms with E-state index in [-0.39, 0.29) is 18.2 Å². The van der Waals surface area contributed by atoms with Crippen LogP contribution in [0.4, 0.5) is 4.79 Å². The monoisotopic (exact) mass is 485 g/mol. The van der Waals surface area contributed by atoms with Gasteiger partial charge in [0, 0.05) is 16.1 Å². The Labute approximate surface area is 193 Å². The standard InChI is InChI=1S/C25H32BrN3O2/c1-25(2,3)31-24(30)29-20-10-5-4-7-16(20)14-21(29)23-27-19-9-6-8-15-13-17(26)11-12-18(15)22(19)28-23/h11-13,16,20-21H,4-10,14H2,1-3H3,(H,27,28)/t16-,20-,21?/m0/s1. The van der Waals surface area contributed by atoms with Gasteiger partial charge in [-0.3, -0.25) is 4.90 Å². The van der Waals surface area contributed by atoms with Crippen LogP contribution in [0.1, 0.15) is 82.4 Å². The summed E-state index contributed by atoms with van der Waals surface area (Å²) in [7, 11) is 0. The number of ether oxygens (including phenoxy) is 1. The highest BCUT2D eigenvalue weighted by Crippen LogP contribution is 2.47. The summed E-state index contributed by atoms with van der Waals surface area (Å²) in [5.74, 6) is 1.47. The molecule has 1 aromatic heterocycles. The number of rotatable bonds is 1. The van der Waals surface area contributed by atoms with E-state index in [4.69, 9.17) is 9.72 Å². The number of likely N-dealkylation sites (tertiary alicyclic amines) is 1. The topological polar surface area (TPSA) is 58.2 Å². The lowest BCUT2D eigenvalue weighted by atomic mass is 9.85. The molecule has 0 radical (unpaired) electrons. The number of aryl methyl sites for hydroxylation is 2. The normalized spacial score (nSPS) is 25.4. The summed E-state index contributed by atoms with van der Waals surface area (Å²) in [6.45, 7) is 5.83. The minimum Gasteiger partial charge on any atom is -0.444 e. The van der Waals surface area contributed by atoms with Crippen LogP contribution in [0.15, 0.2) is 22.7 Å². The number of fused-ring (bicyclic) bond motifs is 4. The number of amides is 1. The van der Waals surface area contributed by atoms with Crippen LogP contribution in [-0.4, -0.2) is 32.6 Å². The van der Waals surface area contributed by atoms with E-state index in [1.165, 1.54) is 30.4 Å². The molecule has 166 valence electrons. The number of carbonyl (C=O) groups is 1. The molecule has 1 N–H and O–H groups in total. The van der Waals surface area contributed by atoms with Crippen LogP contribution in [0.25, 0.3) is 11.3 Å². The van der Waals surface area contributed by atoms with Gasteiger partial charge in [0.25, 0.3) is 0 Å². The summed E-state index contributed by atoms with van der Waals surface area (Å²) in [6.07, 6.45) is 8.60. The number of aromatic amines is 1. The smallest absolute Gasteiger partial charge is 0.411 e. The number of H-pyrrole nitrogens is 1. The number of halogens is 1. The van der Waals surface area contributed by atoms with Gasteiger partial charge in [0.15, 0.2) is 0 Å². The molecule has 1 saturated carbocycles. The van der Waals surface area contributed by atoms with E-state index in [0.717, 1.165) is 53.8 Å². The Morgan fingerprint density at radius 2 is 2.00 bits per heavy atom. The maximum absolute atomic E-state index is 13.3. The average Bonchev–Trinajstić information content (AvgIpc) is 3.24. The van der Waals surface area contributed by atoms with Gasteiger partial charge in [-0.15, -0.1) is 0 Å². The second-order valence-corrected chi connectivity index (χ2v) is 11.3. The average molecular weight is 486 g/mol. The number of imidazole rings is 1. The number of nitrogens with zero attached hydrogens (tertiary/aromatic N) is 2. The second-order valence-electron chi connectivity index (χ2n) is 10.3. The number of carbonyl (C=O) groups excluding carboxylic acids is 1. The number of hydrogen-bond donors (Lipinski definition) is 1. The minimum atomic E-state index is -0.499. The van der Waals surface area contributed by atoms with Crippen molar-refractivity contribution in [3.8, 4) is 11.3 Å². The molecule has 0 bridgehead atoms. The molecular formula is C25H32BrN3O2. The molecule has 2 aliphatic carbocycles. The third-order valence-corrected chi connectivity index (χ3v) is 7.49. The van der Waals surface area contributed by atoms with Crippen molar-refractivity contribution in [1.29, 1.82) is 0 Å². The molecule has 5 nitrogen and oxygen atoms in total. The highest BCUT2D eigenvalue weighted by molar-refractivity contribution is 9.10. The van der Waals surface area contributed by atoms with Gasteiger partial charge in [-0.2, -0.15) is 0 Å². The Morgan fingerprint density at radius 1 is 1.19 bits per heavy atom. The van der Waals surface area contributed by atoms with E-state index in [1.54, 1.807) is 0 Å². The van der Waals surface area contributed by atoms with E-state index in [1.807, 2.05) is 25.7 Å². The maximum atomic E-state index is 13.3. The predicted molar refractivity (Wildman–Crippen MR) is 125 cm³/mol. The van der Waals surface area contributed by atoms with Crippen molar-refractivity contribution in [3.05, 3.63) is 39.8 Å². The minimum absolute atomic E-state index is 0.0335. The highest BCUT2D eigenvalue weighted by Gasteiger charge is 2.47. The van der Waals surface area contributed by atoms with Crippen LogP contribution < -0.4 is 0 Å². The molecule has 31 heavy (non-hydrogen) atoms. The lowest BCUT2D eigenvalue weighted by Gasteiger charge is -2.34. The van der Waals surface area contributed by atoms with Gasteiger partial charge in [0.2, 0.25) is 0 Å². The first kappa shape index (κ1) is 21.0. The van der Waals surface area contributed by atoms with Gasteiger partial charge < -0.3 is 9.72 Å². The third kappa shape index (κ3) is 4.04. The van der Waals surface area contributed by atoms with E-state index in [0.29, 0.717) is 5.92 Å². The quantitative estimate of drug-likeness (QED) is 0.496. The SMILES string of the molecule is CC(C)(C)OC(=O)N1C(c2nc3c([nH]2)-c2ccc(Br)cc2CCC3)C[C@@H]2CCCC[C@@H]21. The summed E-state index contributed by atoms with van der Waals surface area (Å²) in [4.78, 5) is 24.1. The largest absolute Gasteiger partial charge is 0.444 e. The van der Waals surface area contributed by atoms with Crippen LogP contribution in [0, 0.1) is 5.92 Å². The van der Waals surface area contributed by atoms with Gasteiger partial charge in [0.1, 0.15) is 11.4 Å². The zero-order valence-corrected chi connectivity index (χ0v) is 20.3. The molecule has 1 saturated heterocycles. The molecule has 6 heteroatoms. The van der Waals surface area contributed by atoms with Gasteiger partial charge in [0.05, 0.1) is 17.4 Å². The molecule has 2 fully saturated rings. The van der Waals surface area contributed by atoms with Crippen LogP contribution in [0.5, 0.6) is 0 Å². The number of hydrogen-bond acceptors (Lipinski definition) is 3. The molecule has 3 aliphatic rings. The number of nitrogens with one attached hydrogen (secondary N) is 1. The molecule has 0 spiro atoms. The molecule has 1 amide bonds. The van der Waals surface area contributed by atoms with Gasteiger partial charge in [-0.05, 0) is 82.9 Å². The molecule has 3 atom stereocenters. The fraction of sp³-hybridized carbons (Fsp3) is 0.600. The molecule has 2 heterocycles. The van der Waals surface area contributed by atoms with Crippen LogP contribution in [0.2, 0.25) is 0 Å². The summed E-state index contributed by atoms with van der Waals surface area (Å²) in [5.41, 5.74) is 4.37. The van der Waals surface area contributed by atoms with Crippen molar-refractivity contribution < 1.29 is 9.53 Å². The first-order valence-corrected chi connectivity index (χ1v) is 12.5. The van der Waals surface area contributed by atoms with E-state index in [2.05, 4.69) is 39.1 Å². The van der Waals surface area contributed by atoms with E-state index in [9.17, 15) is 4.79 Å². The third-order valence-electron chi connectivity index (χ3n) is 7.00. The number of aromatic nitrogens is 2. The molecule has 5 rings (SSSR count). The van der Waals surface area contributed by atoms with Crippen molar-refractivity contribution >= 4 is 22.0 Å². The number of benzene rings is 1. The molecular weight excluding hydrogens is 454 g/mol. The molecule has 1 unspecified atom stereocenters. The fourth-order valence-corrected chi connectivity index (χ4v) is 6.14. The van der Waals surface area contributed by atoms with Crippen LogP contribution in [0.3, 0.4) is 0 Å². The van der Waals surface area contributed by atoms with Crippen molar-refractivity contribution in [2.75, 3.05) is 0 Å². The summed E-state index contributed by atoms with van der Waals surface area (Å²) in [6, 6.07) is 6.75. The van der Waals surface area contributed by atoms with Crippen molar-refractivity contribution in [1.82, 2.24) is 14.9 Å². The van der Waals surface area contributed by atoms with Gasteiger partial charge >= 0.3 is 6.09 Å². The van der Waals surface area contributed by atoms with E-state index < -0.39 is 5.60 Å². The first-order chi connectivity index (χ1) is 14.8. The Bertz CT molecular complexity index is 993. The van der Waals surface area contributed by atoms with Crippen LogP contribution >= 0.6 is 15.9 Å². The predicted octanol–water partition coefficient (Wildman–Crippen LogP) is 6.57. The second kappa shape index (κ2) is 7.95. The van der Waals surface area contributed by atoms with Gasteiger partial charge in [-0.25, -0.2) is 9.78 Å². The fourth-order valence-electron chi connectivity index (χ4n) is 5.73.